The molecule has 0 radical (unpaired) electrons. The van der Waals surface area contributed by atoms with Crippen LogP contribution < -0.4 is 30.6 Å². The van der Waals surface area contributed by atoms with E-state index in [-0.39, 0.29) is 111 Å². The number of fused-ring (bicyclic) bond motifs is 24. The monoisotopic (exact) mass is 1790 g/mol. The fraction of sp³-hybridized carbons (Fsp3) is 0.235. The van der Waals surface area contributed by atoms with Gasteiger partial charge in [-0.2, -0.15) is 0 Å². The second kappa shape index (κ2) is 39.3. The van der Waals surface area contributed by atoms with Gasteiger partial charge in [-0.15, -0.1) is 0 Å². The van der Waals surface area contributed by atoms with E-state index in [1.165, 1.54) is 0 Å². The molecule has 15 rings (SSSR count). The van der Waals surface area contributed by atoms with Gasteiger partial charge in [0.25, 0.3) is 0 Å². The number of hydrogen-bond acceptors (Lipinski definition) is 18. The van der Waals surface area contributed by atoms with Crippen molar-refractivity contribution in [2.75, 3.05) is 0 Å². The molecule has 650 valence electrons. The molecule has 128 heavy (non-hydrogen) atoms. The Kier molecular flexibility index (Phi) is 29.1. The molecule has 0 fully saturated rings. The molecule has 9 aromatic heterocycles. The minimum Gasteiger partial charge on any atom is -0.550 e. The molecule has 24 bridgehead atoms. The van der Waals surface area contributed by atoms with Crippen LogP contribution in [0.4, 0.5) is 0 Å². The van der Waals surface area contributed by atoms with E-state index >= 15 is 0 Å². The Morgan fingerprint density at radius 1 is 0.242 bits per heavy atom. The molecule has 26 heteroatoms. The summed E-state index contributed by atoms with van der Waals surface area (Å²) in [5.41, 5.74) is 39.8. The summed E-state index contributed by atoms with van der Waals surface area (Å²) in [6.07, 6.45) is 11.4. The van der Waals surface area contributed by atoms with E-state index in [0.29, 0.717) is 50.7 Å². The van der Waals surface area contributed by atoms with Gasteiger partial charge in [0.05, 0.1) is 68.3 Å². The number of aromatic nitrogens is 12. The van der Waals surface area contributed by atoms with E-state index in [1.54, 1.807) is 18.2 Å². The molecule has 15 heterocycles. The van der Waals surface area contributed by atoms with Gasteiger partial charge >= 0.3 is 34.1 Å². The van der Waals surface area contributed by atoms with Crippen LogP contribution in [0, 0.1) is 41.5 Å². The van der Waals surface area contributed by atoms with E-state index in [4.69, 9.17) is 29.9 Å². The number of rotatable bonds is 24. The van der Waals surface area contributed by atoms with Crippen molar-refractivity contribution < 1.29 is 93.5 Å². The van der Waals surface area contributed by atoms with Crippen molar-refractivity contribution in [3.05, 3.63) is 266 Å². The van der Waals surface area contributed by atoms with Crippen LogP contribution in [-0.2, 0) is 82.2 Å². The van der Waals surface area contributed by atoms with Gasteiger partial charge in [-0.3, -0.25) is 0 Å². The Bertz CT molecular complexity index is 6430. The number of carboxylic acids is 6. The largest absolute Gasteiger partial charge is 3.00 e. The number of nitrogens with one attached hydrogen (secondary N) is 6. The average Bonchev–Trinajstić information content (AvgIpc) is 1.62. The van der Waals surface area contributed by atoms with Crippen molar-refractivity contribution in [2.24, 2.45) is 0 Å². The first-order valence-electron chi connectivity index (χ1n) is 41.5. The molecule has 9 aromatic rings. The molecular formula is C102H96Mn2N12O12. The molecular weight excluding hydrogens is 1700 g/mol. The number of aromatic amines is 6. The maximum absolute atomic E-state index is 11.4. The van der Waals surface area contributed by atoms with Gasteiger partial charge in [-0.1, -0.05) is 75.9 Å². The van der Waals surface area contributed by atoms with Crippen molar-refractivity contribution in [3.8, 4) is 0 Å². The predicted molar refractivity (Wildman–Crippen MR) is 490 cm³/mol. The van der Waals surface area contributed by atoms with Crippen LogP contribution in [0.15, 0.2) is 130 Å². The van der Waals surface area contributed by atoms with Gasteiger partial charge in [0.2, 0.25) is 0 Å². The molecule has 0 atom stereocenters. The number of nitrogens with zero attached hydrogens (tertiary/aromatic N) is 6. The number of carbonyl (C=O) groups excluding carboxylic acids is 6. The number of hydrogen-bond donors (Lipinski definition) is 6. The van der Waals surface area contributed by atoms with Gasteiger partial charge in [0, 0.05) is 135 Å². The van der Waals surface area contributed by atoms with Gasteiger partial charge in [-0.05, 0) is 333 Å². The fourth-order valence-electron chi connectivity index (χ4n) is 17.3. The second-order valence-electron chi connectivity index (χ2n) is 32.1. The van der Waals surface area contributed by atoms with Crippen LogP contribution in [0.25, 0.3) is 151 Å². The van der Waals surface area contributed by atoms with E-state index in [1.807, 2.05) is 174 Å². The summed E-state index contributed by atoms with van der Waals surface area (Å²) < 4.78 is 0. The third-order valence-electron chi connectivity index (χ3n) is 24.6. The molecule has 0 saturated carbocycles. The van der Waals surface area contributed by atoms with Crippen molar-refractivity contribution in [3.63, 3.8) is 0 Å². The van der Waals surface area contributed by atoms with E-state index in [0.717, 1.165) is 217 Å². The summed E-state index contributed by atoms with van der Waals surface area (Å²) in [4.78, 5) is 119. The number of aryl methyl sites for hydroxylation is 9. The van der Waals surface area contributed by atoms with Crippen molar-refractivity contribution in [1.82, 2.24) is 59.8 Å². The first kappa shape index (κ1) is 94.8. The standard InChI is InChI=1S/3C34H34N4O4.2Mn/c3*1-7-21-17(3)25-13-26-19(5)23(9-11-33(39)40)31(37-26)16-32-24(10-12-34(41)42)20(6)28(38-32)15-30-22(8-2)18(4)27(36-30)14-29(21)35-25;;/h3*7-8,13-16,35,38H,1-2,9-12H2,3-6H3,(H,39,40)(H,41,42);;/q;;;2*+3/p-6. The molecule has 6 aliphatic heterocycles. The molecule has 6 N–H and O–H groups in total. The molecule has 0 spiro atoms. The summed E-state index contributed by atoms with van der Waals surface area (Å²) in [7, 11) is 0. The summed E-state index contributed by atoms with van der Waals surface area (Å²) in [6, 6.07) is 23.3. The molecule has 0 aliphatic carbocycles. The van der Waals surface area contributed by atoms with Crippen LogP contribution in [-0.4, -0.2) is 95.6 Å². The minimum atomic E-state index is -1.14. The quantitative estimate of drug-likeness (QED) is 0.0306. The Balaban J connectivity index is 0.000000185. The minimum absolute atomic E-state index is 0. The van der Waals surface area contributed by atoms with Crippen LogP contribution in [0.5, 0.6) is 0 Å². The zero-order valence-corrected chi connectivity index (χ0v) is 75.8. The second-order valence-corrected chi connectivity index (χ2v) is 32.1. The van der Waals surface area contributed by atoms with Gasteiger partial charge < -0.3 is 89.3 Å². The molecule has 24 nitrogen and oxygen atoms in total. The molecule has 0 amide bonds. The van der Waals surface area contributed by atoms with Gasteiger partial charge in [-0.25, -0.2) is 29.9 Å². The van der Waals surface area contributed by atoms with Gasteiger partial charge in [0.1, 0.15) is 0 Å². The third-order valence-corrected chi connectivity index (χ3v) is 24.6. The smallest absolute Gasteiger partial charge is 0.550 e. The molecule has 0 unspecified atom stereocenters. The van der Waals surface area contributed by atoms with Crippen LogP contribution in [0.3, 0.4) is 0 Å². The van der Waals surface area contributed by atoms with E-state index < -0.39 is 35.8 Å². The normalized spacial score (nSPS) is 12.8. The first-order chi connectivity index (χ1) is 60.0. The first-order valence-corrected chi connectivity index (χ1v) is 41.5. The van der Waals surface area contributed by atoms with Crippen molar-refractivity contribution in [1.29, 1.82) is 0 Å². The molecule has 0 aromatic carbocycles. The van der Waals surface area contributed by atoms with E-state index in [2.05, 4.69) is 69.4 Å². The summed E-state index contributed by atoms with van der Waals surface area (Å²) >= 11 is 0. The maximum Gasteiger partial charge on any atom is 3.00 e. The van der Waals surface area contributed by atoms with Crippen LogP contribution >= 0.6 is 0 Å². The number of H-pyrrole nitrogens is 6. The Labute approximate surface area is 761 Å². The van der Waals surface area contributed by atoms with Crippen LogP contribution in [0.1, 0.15) is 234 Å². The summed E-state index contributed by atoms with van der Waals surface area (Å²) in [5, 5.41) is 68.4. The van der Waals surface area contributed by atoms with E-state index in [9.17, 15) is 59.4 Å². The molecule has 0 saturated heterocycles. The Hall–Kier alpha value is -13.9. The number of allylic oxidation sites excluding steroid dienone is 15. The SMILES string of the molecule is C=CC1=C(C)c2cc3[nH]c(cc4nc(cc5[nH]c(cc1n2)c(C)c5CCC(=O)[O-])C(CCC(=O)[O-])=C4C)c(C)c3C=C.C=CC1=C(C)c2cc3[nH]c(cc4nc(cc5[nH]c(cc1n2)c(C)c5CCC(=O)[O-])C(CCC(=O)[O-])=C4C)c(C)c3C=C.C=CC1=C(C)c2cc3[nH]c(cc4nc(cc5[nH]c(cc1n2)c(C)c5CCC(=O)[O-])C(CCC(=O)[O-])=C4C)c(C)c3C=C.[Mn+3].[Mn+3]. The maximum atomic E-state index is 11.4. The Morgan fingerprint density at radius 2 is 0.422 bits per heavy atom. The van der Waals surface area contributed by atoms with Gasteiger partial charge in [0.15, 0.2) is 0 Å². The predicted octanol–water partition coefficient (Wildman–Crippen LogP) is 14.5. The zero-order valence-electron chi connectivity index (χ0n) is 73.5. The number of carbonyl (C=O) groups is 6. The summed E-state index contributed by atoms with van der Waals surface area (Å²) in [5.74, 6) is -6.83. The molecule has 6 aliphatic rings. The van der Waals surface area contributed by atoms with Crippen LogP contribution in [0.2, 0.25) is 0 Å². The fourth-order valence-corrected chi connectivity index (χ4v) is 17.3. The van der Waals surface area contributed by atoms with Crippen molar-refractivity contribution in [2.45, 2.75) is 160 Å². The number of aliphatic carboxylic acids is 6. The number of carboxylic acid groups (broad SMARTS) is 6. The topological polar surface area (TPSA) is 413 Å². The summed E-state index contributed by atoms with van der Waals surface area (Å²) in [6.45, 7) is 47.8. The van der Waals surface area contributed by atoms with Crippen molar-refractivity contribution >= 4 is 187 Å². The average molecular weight is 1790 g/mol. The Morgan fingerprint density at radius 3 is 0.641 bits per heavy atom. The zero-order chi connectivity index (χ0) is 90.9. The third kappa shape index (κ3) is 19.3.